The number of carboxylic acid groups (broad SMARTS) is 1. The molecule has 1 heterocycles. The third-order valence-electron chi connectivity index (χ3n) is 3.19. The molecule has 6 heteroatoms. The molecule has 1 saturated carbocycles. The van der Waals surface area contributed by atoms with E-state index in [0.717, 1.165) is 12.8 Å². The third kappa shape index (κ3) is 3.18. The van der Waals surface area contributed by atoms with Gasteiger partial charge < -0.3 is 15.7 Å². The Labute approximate surface area is 98.8 Å². The topological polar surface area (TPSA) is 95.5 Å². The maximum Gasteiger partial charge on any atom is 0.326 e. The lowest BCUT2D eigenvalue weighted by Gasteiger charge is -2.17. The number of hydrogen-bond acceptors (Lipinski definition) is 3. The minimum atomic E-state index is -1.01. The summed E-state index contributed by atoms with van der Waals surface area (Å²) in [4.78, 5) is 33.7. The molecule has 2 amide bonds. The van der Waals surface area contributed by atoms with Crippen LogP contribution in [0.4, 0.5) is 0 Å². The third-order valence-corrected chi connectivity index (χ3v) is 3.19. The molecule has 6 nitrogen and oxygen atoms in total. The van der Waals surface area contributed by atoms with Crippen LogP contribution in [0.5, 0.6) is 0 Å². The molecule has 1 aliphatic carbocycles. The van der Waals surface area contributed by atoms with E-state index in [1.54, 1.807) is 0 Å². The van der Waals surface area contributed by atoms with E-state index >= 15 is 0 Å². The van der Waals surface area contributed by atoms with Gasteiger partial charge in [-0.05, 0) is 18.8 Å². The summed E-state index contributed by atoms with van der Waals surface area (Å²) < 4.78 is 0. The lowest BCUT2D eigenvalue weighted by Crippen LogP contribution is -2.48. The number of hydrogen-bond donors (Lipinski definition) is 3. The van der Waals surface area contributed by atoms with Crippen LogP contribution in [0.1, 0.15) is 32.1 Å². The lowest BCUT2D eigenvalue weighted by atomic mass is 10.1. The average Bonchev–Trinajstić information content (AvgIpc) is 2.97. The Morgan fingerprint density at radius 1 is 1.41 bits per heavy atom. The van der Waals surface area contributed by atoms with Gasteiger partial charge in [-0.15, -0.1) is 0 Å². The van der Waals surface area contributed by atoms with E-state index in [9.17, 15) is 14.4 Å². The fourth-order valence-electron chi connectivity index (χ4n) is 1.99. The number of amides is 2. The lowest BCUT2D eigenvalue weighted by molar-refractivity contribution is -0.142. The maximum atomic E-state index is 11.7. The molecular formula is C11H16N2O4. The minimum absolute atomic E-state index is 0.154. The van der Waals surface area contributed by atoms with Crippen LogP contribution in [0.3, 0.4) is 0 Å². The first-order valence-electron chi connectivity index (χ1n) is 5.89. The summed E-state index contributed by atoms with van der Waals surface area (Å²) in [6.07, 6.45) is 3.35. The van der Waals surface area contributed by atoms with E-state index < -0.39 is 18.1 Å². The van der Waals surface area contributed by atoms with E-state index in [1.807, 2.05) is 0 Å². The molecular weight excluding hydrogens is 224 g/mol. The Bertz CT molecular complexity index is 351. The molecule has 0 unspecified atom stereocenters. The van der Waals surface area contributed by atoms with E-state index in [4.69, 9.17) is 5.11 Å². The quantitative estimate of drug-likeness (QED) is 0.611. The predicted molar refractivity (Wildman–Crippen MR) is 58.1 cm³/mol. The molecule has 0 aromatic heterocycles. The van der Waals surface area contributed by atoms with Crippen LogP contribution in [0.25, 0.3) is 0 Å². The van der Waals surface area contributed by atoms with Crippen LogP contribution in [0, 0.1) is 5.92 Å². The molecule has 2 atom stereocenters. The standard InChI is InChI=1S/C11H16N2O4/c14-9-4-3-7(12-9)10(15)13-8(11(16)17)5-6-1-2-6/h6-8H,1-5H2,(H,12,14)(H,13,15)(H,16,17)/t7-,8-/m1/s1. The molecule has 2 aliphatic rings. The largest absolute Gasteiger partial charge is 0.480 e. The smallest absolute Gasteiger partial charge is 0.326 e. The van der Waals surface area contributed by atoms with Gasteiger partial charge in [-0.2, -0.15) is 0 Å². The van der Waals surface area contributed by atoms with Crippen molar-refractivity contribution < 1.29 is 19.5 Å². The number of carbonyl (C=O) groups excluding carboxylic acids is 2. The first-order valence-corrected chi connectivity index (χ1v) is 5.89. The number of carbonyl (C=O) groups is 3. The van der Waals surface area contributed by atoms with Crippen LogP contribution in [0.15, 0.2) is 0 Å². The Hall–Kier alpha value is -1.59. The Morgan fingerprint density at radius 2 is 2.12 bits per heavy atom. The fourth-order valence-corrected chi connectivity index (χ4v) is 1.99. The Balaban J connectivity index is 1.85. The van der Waals surface area contributed by atoms with Gasteiger partial charge in [0.2, 0.25) is 11.8 Å². The van der Waals surface area contributed by atoms with Crippen LogP contribution in [-0.4, -0.2) is 35.0 Å². The molecule has 3 N–H and O–H groups in total. The van der Waals surface area contributed by atoms with Crippen LogP contribution in [-0.2, 0) is 14.4 Å². The normalized spacial score (nSPS) is 25.2. The van der Waals surface area contributed by atoms with E-state index in [0.29, 0.717) is 25.2 Å². The maximum absolute atomic E-state index is 11.7. The van der Waals surface area contributed by atoms with Gasteiger partial charge in [0.05, 0.1) is 0 Å². The molecule has 1 aliphatic heterocycles. The summed E-state index contributed by atoms with van der Waals surface area (Å²) in [6.45, 7) is 0. The summed E-state index contributed by atoms with van der Waals surface area (Å²) in [6, 6.07) is -1.39. The molecule has 1 saturated heterocycles. The fraction of sp³-hybridized carbons (Fsp3) is 0.727. The number of carboxylic acids is 1. The molecule has 0 aromatic carbocycles. The summed E-state index contributed by atoms with van der Waals surface area (Å²) in [5.41, 5.74) is 0. The SMILES string of the molecule is O=C1CC[C@H](C(=O)N[C@H](CC2CC2)C(=O)O)N1. The van der Waals surface area contributed by atoms with E-state index in [2.05, 4.69) is 10.6 Å². The highest BCUT2D eigenvalue weighted by Crippen LogP contribution is 2.33. The van der Waals surface area contributed by atoms with Crippen molar-refractivity contribution in [3.63, 3.8) is 0 Å². The average molecular weight is 240 g/mol. The van der Waals surface area contributed by atoms with Crippen LogP contribution >= 0.6 is 0 Å². The first kappa shape index (κ1) is 11.9. The molecule has 2 fully saturated rings. The number of aliphatic carboxylic acids is 1. The molecule has 94 valence electrons. The highest BCUT2D eigenvalue weighted by molar-refractivity contribution is 5.92. The van der Waals surface area contributed by atoms with Gasteiger partial charge >= 0.3 is 5.97 Å². The monoisotopic (exact) mass is 240 g/mol. The second kappa shape index (κ2) is 4.73. The van der Waals surface area contributed by atoms with Gasteiger partial charge in [0, 0.05) is 6.42 Å². The zero-order valence-electron chi connectivity index (χ0n) is 9.44. The highest BCUT2D eigenvalue weighted by Gasteiger charge is 2.33. The van der Waals surface area contributed by atoms with Crippen molar-refractivity contribution in [3.8, 4) is 0 Å². The zero-order chi connectivity index (χ0) is 12.4. The van der Waals surface area contributed by atoms with Crippen molar-refractivity contribution in [1.29, 1.82) is 0 Å². The molecule has 0 aromatic rings. The van der Waals surface area contributed by atoms with Gasteiger partial charge in [-0.1, -0.05) is 12.8 Å². The van der Waals surface area contributed by atoms with Crippen molar-refractivity contribution in [2.24, 2.45) is 5.92 Å². The number of rotatable bonds is 5. The van der Waals surface area contributed by atoms with Gasteiger partial charge in [-0.3, -0.25) is 9.59 Å². The van der Waals surface area contributed by atoms with Gasteiger partial charge in [0.1, 0.15) is 12.1 Å². The molecule has 0 spiro atoms. The Kier molecular flexibility index (Phi) is 3.31. The predicted octanol–water partition coefficient (Wildman–Crippen LogP) is -0.365. The van der Waals surface area contributed by atoms with Gasteiger partial charge in [0.25, 0.3) is 0 Å². The van der Waals surface area contributed by atoms with E-state index in [1.165, 1.54) is 0 Å². The van der Waals surface area contributed by atoms with Gasteiger partial charge in [-0.25, -0.2) is 4.79 Å². The van der Waals surface area contributed by atoms with Crippen molar-refractivity contribution >= 4 is 17.8 Å². The van der Waals surface area contributed by atoms with Crippen molar-refractivity contribution in [1.82, 2.24) is 10.6 Å². The second-order valence-electron chi connectivity index (χ2n) is 4.74. The summed E-state index contributed by atoms with van der Waals surface area (Å²) in [5, 5.41) is 14.0. The molecule has 2 rings (SSSR count). The van der Waals surface area contributed by atoms with Crippen molar-refractivity contribution in [2.45, 2.75) is 44.2 Å². The van der Waals surface area contributed by atoms with Crippen LogP contribution in [0.2, 0.25) is 0 Å². The highest BCUT2D eigenvalue weighted by atomic mass is 16.4. The van der Waals surface area contributed by atoms with Crippen molar-refractivity contribution in [3.05, 3.63) is 0 Å². The van der Waals surface area contributed by atoms with Crippen molar-refractivity contribution in [2.75, 3.05) is 0 Å². The second-order valence-corrected chi connectivity index (χ2v) is 4.74. The minimum Gasteiger partial charge on any atom is -0.480 e. The molecule has 0 bridgehead atoms. The summed E-state index contributed by atoms with van der Waals surface area (Å²) in [5.74, 6) is -1.12. The molecule has 0 radical (unpaired) electrons. The van der Waals surface area contributed by atoms with Crippen LogP contribution < -0.4 is 10.6 Å². The molecule has 17 heavy (non-hydrogen) atoms. The first-order chi connectivity index (χ1) is 8.06. The van der Waals surface area contributed by atoms with E-state index in [-0.39, 0.29) is 11.8 Å². The number of nitrogens with one attached hydrogen (secondary N) is 2. The summed E-state index contributed by atoms with van der Waals surface area (Å²) >= 11 is 0. The van der Waals surface area contributed by atoms with Gasteiger partial charge in [0.15, 0.2) is 0 Å². The Morgan fingerprint density at radius 3 is 2.59 bits per heavy atom. The summed E-state index contributed by atoms with van der Waals surface area (Å²) in [7, 11) is 0. The zero-order valence-corrected chi connectivity index (χ0v) is 9.44.